The van der Waals surface area contributed by atoms with Crippen LogP contribution in [-0.2, 0) is 9.53 Å². The van der Waals surface area contributed by atoms with Gasteiger partial charge in [-0.25, -0.2) is 4.39 Å². The van der Waals surface area contributed by atoms with E-state index in [-0.39, 0.29) is 23.4 Å². The Morgan fingerprint density at radius 2 is 2.00 bits per heavy atom. The predicted octanol–water partition coefficient (Wildman–Crippen LogP) is 4.78. The highest BCUT2D eigenvalue weighted by Gasteiger charge is 2.23. The van der Waals surface area contributed by atoms with E-state index in [1.807, 2.05) is 36.4 Å². The van der Waals surface area contributed by atoms with Gasteiger partial charge in [-0.05, 0) is 61.7 Å². The minimum Gasteiger partial charge on any atom is -0.490 e. The van der Waals surface area contributed by atoms with Crippen LogP contribution in [-0.4, -0.2) is 48.3 Å². The van der Waals surface area contributed by atoms with Crippen molar-refractivity contribution < 1.29 is 23.8 Å². The molecule has 1 N–H and O–H groups in total. The minimum absolute atomic E-state index is 0.149. The van der Waals surface area contributed by atoms with Gasteiger partial charge in [0.1, 0.15) is 30.0 Å². The average molecular weight is 460 g/mol. The Hall–Kier alpha value is -2.41. The summed E-state index contributed by atoms with van der Waals surface area (Å²) < 4.78 is 24.8. The fraction of sp³-hybridized carbons (Fsp3) is 0.400. The lowest BCUT2D eigenvalue weighted by Gasteiger charge is -2.33. The molecule has 4 rings (SSSR count). The van der Waals surface area contributed by atoms with Gasteiger partial charge in [-0.2, -0.15) is 0 Å². The van der Waals surface area contributed by atoms with Crippen molar-refractivity contribution in [3.63, 3.8) is 0 Å². The number of rotatable bonds is 7. The Bertz CT molecular complexity index is 988. The van der Waals surface area contributed by atoms with Gasteiger partial charge in [-0.3, -0.25) is 4.79 Å². The summed E-state index contributed by atoms with van der Waals surface area (Å²) in [5.74, 6) is 0.993. The number of benzene rings is 2. The lowest BCUT2D eigenvalue weighted by Crippen LogP contribution is -2.40. The highest BCUT2D eigenvalue weighted by Crippen LogP contribution is 2.30. The van der Waals surface area contributed by atoms with Crippen molar-refractivity contribution in [2.75, 3.05) is 26.2 Å². The van der Waals surface area contributed by atoms with Crippen LogP contribution in [0.25, 0.3) is 6.08 Å². The number of esters is 1. The summed E-state index contributed by atoms with van der Waals surface area (Å²) in [5.41, 5.74) is 1.80. The Kier molecular flexibility index (Phi) is 7.45. The molecule has 1 unspecified atom stereocenters. The number of para-hydroxylation sites is 1. The molecule has 170 valence electrons. The Morgan fingerprint density at radius 1 is 1.22 bits per heavy atom. The lowest BCUT2D eigenvalue weighted by molar-refractivity contribution is -0.135. The molecule has 32 heavy (non-hydrogen) atoms. The summed E-state index contributed by atoms with van der Waals surface area (Å²) in [6, 6.07) is 12.5. The quantitative estimate of drug-likeness (QED) is 0.604. The Morgan fingerprint density at radius 3 is 2.72 bits per heavy atom. The van der Waals surface area contributed by atoms with E-state index in [1.54, 1.807) is 6.07 Å². The number of aliphatic hydroxyl groups is 1. The Balaban J connectivity index is 1.26. The number of carbonyl (C=O) groups is 1. The van der Waals surface area contributed by atoms with E-state index in [0.29, 0.717) is 36.8 Å². The standard InChI is InChI=1S/C25H27ClFNO4/c26-22-7-5-18(14-23(22)27)17-9-11-28(12-10-17)15-20(29)16-31-24-4-2-1-3-19(24)13-21-6-8-25(30)32-21/h1-5,7,13-14,17,20,29H,6,8-12,15-16H2. The van der Waals surface area contributed by atoms with Crippen molar-refractivity contribution in [3.8, 4) is 5.75 Å². The van der Waals surface area contributed by atoms with Crippen molar-refractivity contribution in [1.82, 2.24) is 4.90 Å². The van der Waals surface area contributed by atoms with Gasteiger partial charge in [0, 0.05) is 18.5 Å². The van der Waals surface area contributed by atoms with Crippen LogP contribution < -0.4 is 4.74 Å². The first kappa shape index (κ1) is 22.8. The molecule has 0 aliphatic carbocycles. The van der Waals surface area contributed by atoms with Crippen LogP contribution in [0, 0.1) is 5.82 Å². The molecule has 0 amide bonds. The van der Waals surface area contributed by atoms with Crippen LogP contribution in [0.4, 0.5) is 4.39 Å². The minimum atomic E-state index is -0.635. The fourth-order valence-electron chi connectivity index (χ4n) is 4.23. The van der Waals surface area contributed by atoms with Crippen LogP contribution in [0.1, 0.15) is 42.7 Å². The molecule has 5 nitrogen and oxygen atoms in total. The molecular formula is C25H27ClFNO4. The number of hydrogen-bond acceptors (Lipinski definition) is 5. The summed E-state index contributed by atoms with van der Waals surface area (Å²) in [4.78, 5) is 13.5. The third kappa shape index (κ3) is 5.88. The highest BCUT2D eigenvalue weighted by molar-refractivity contribution is 6.30. The maximum absolute atomic E-state index is 13.8. The van der Waals surface area contributed by atoms with E-state index in [0.717, 1.165) is 37.1 Å². The van der Waals surface area contributed by atoms with Crippen molar-refractivity contribution in [2.24, 2.45) is 0 Å². The number of halogens is 2. The first-order chi connectivity index (χ1) is 15.5. The zero-order valence-corrected chi connectivity index (χ0v) is 18.6. The second-order valence-electron chi connectivity index (χ2n) is 8.34. The molecule has 2 aromatic rings. The summed E-state index contributed by atoms with van der Waals surface area (Å²) >= 11 is 5.79. The van der Waals surface area contributed by atoms with Crippen LogP contribution in [0.5, 0.6) is 5.75 Å². The number of cyclic esters (lactones) is 1. The molecule has 2 heterocycles. The molecule has 2 fully saturated rings. The molecule has 0 aromatic heterocycles. The average Bonchev–Trinajstić information content (AvgIpc) is 3.20. The van der Waals surface area contributed by atoms with E-state index in [9.17, 15) is 14.3 Å². The smallest absolute Gasteiger partial charge is 0.311 e. The zero-order valence-electron chi connectivity index (χ0n) is 17.8. The van der Waals surface area contributed by atoms with Crippen LogP contribution in [0.2, 0.25) is 5.02 Å². The third-order valence-electron chi connectivity index (χ3n) is 5.96. The maximum Gasteiger partial charge on any atom is 0.311 e. The first-order valence-corrected chi connectivity index (χ1v) is 11.3. The number of likely N-dealkylation sites (tertiary alicyclic amines) is 1. The molecule has 0 saturated carbocycles. The molecule has 0 spiro atoms. The van der Waals surface area contributed by atoms with Crippen molar-refractivity contribution in [3.05, 3.63) is 70.2 Å². The van der Waals surface area contributed by atoms with E-state index in [4.69, 9.17) is 21.1 Å². The molecule has 2 aliphatic rings. The molecule has 2 saturated heterocycles. The normalized spacial score (nSPS) is 19.8. The lowest BCUT2D eigenvalue weighted by atomic mass is 9.89. The van der Waals surface area contributed by atoms with Crippen molar-refractivity contribution in [2.45, 2.75) is 37.7 Å². The number of ether oxygens (including phenoxy) is 2. The number of piperidine rings is 1. The van der Waals surface area contributed by atoms with Gasteiger partial charge >= 0.3 is 5.97 Å². The molecule has 7 heteroatoms. The summed E-state index contributed by atoms with van der Waals surface area (Å²) in [7, 11) is 0. The number of nitrogens with zero attached hydrogens (tertiary/aromatic N) is 1. The number of β-amino-alcohol motifs (C(OH)–C–C–N with tert-alkyl or cyclic N) is 1. The molecule has 2 aromatic carbocycles. The van der Waals surface area contributed by atoms with Gasteiger partial charge < -0.3 is 19.5 Å². The summed E-state index contributed by atoms with van der Waals surface area (Å²) in [5, 5.41) is 10.7. The molecule has 0 radical (unpaired) electrons. The number of hydrogen-bond donors (Lipinski definition) is 1. The maximum atomic E-state index is 13.8. The van der Waals surface area contributed by atoms with Crippen molar-refractivity contribution >= 4 is 23.6 Å². The van der Waals surface area contributed by atoms with Crippen molar-refractivity contribution in [1.29, 1.82) is 0 Å². The Labute approximate surface area is 192 Å². The van der Waals surface area contributed by atoms with Gasteiger partial charge in [0.2, 0.25) is 0 Å². The second kappa shape index (κ2) is 10.5. The molecule has 1 atom stereocenters. The predicted molar refractivity (Wildman–Crippen MR) is 121 cm³/mol. The second-order valence-corrected chi connectivity index (χ2v) is 8.74. The topological polar surface area (TPSA) is 59.0 Å². The number of allylic oxidation sites excluding steroid dienone is 1. The van der Waals surface area contributed by atoms with Gasteiger partial charge in [-0.15, -0.1) is 0 Å². The van der Waals surface area contributed by atoms with E-state index in [2.05, 4.69) is 4.90 Å². The van der Waals surface area contributed by atoms with E-state index >= 15 is 0 Å². The van der Waals surface area contributed by atoms with Crippen LogP contribution in [0.3, 0.4) is 0 Å². The largest absolute Gasteiger partial charge is 0.490 e. The molecule has 2 aliphatic heterocycles. The van der Waals surface area contributed by atoms with Crippen LogP contribution >= 0.6 is 11.6 Å². The number of carbonyl (C=O) groups excluding carboxylic acids is 1. The van der Waals surface area contributed by atoms with Gasteiger partial charge in [-0.1, -0.05) is 35.9 Å². The van der Waals surface area contributed by atoms with Gasteiger partial charge in [0.25, 0.3) is 0 Å². The number of aliphatic hydroxyl groups excluding tert-OH is 1. The molecular weight excluding hydrogens is 433 g/mol. The fourth-order valence-corrected chi connectivity index (χ4v) is 4.35. The summed E-state index contributed by atoms with van der Waals surface area (Å²) in [6.07, 6.45) is 3.99. The molecule has 0 bridgehead atoms. The first-order valence-electron chi connectivity index (χ1n) is 11.0. The van der Waals surface area contributed by atoms with E-state index < -0.39 is 6.10 Å². The van der Waals surface area contributed by atoms with Gasteiger partial charge in [0.05, 0.1) is 11.4 Å². The SMILES string of the molecule is O=C1CCC(=Cc2ccccc2OCC(O)CN2CCC(c3ccc(Cl)c(F)c3)CC2)O1. The third-order valence-corrected chi connectivity index (χ3v) is 6.27. The van der Waals surface area contributed by atoms with Crippen LogP contribution in [0.15, 0.2) is 48.2 Å². The highest BCUT2D eigenvalue weighted by atomic mass is 35.5. The van der Waals surface area contributed by atoms with Gasteiger partial charge in [0.15, 0.2) is 0 Å². The van der Waals surface area contributed by atoms with E-state index in [1.165, 1.54) is 6.07 Å². The summed E-state index contributed by atoms with van der Waals surface area (Å²) in [6.45, 7) is 2.35. The zero-order chi connectivity index (χ0) is 22.5. The monoisotopic (exact) mass is 459 g/mol.